The molecule has 9 heteroatoms. The van der Waals surface area contributed by atoms with Gasteiger partial charge in [0.05, 0.1) is 23.1 Å². The molecule has 1 heterocycles. The molecule has 1 unspecified atom stereocenters. The van der Waals surface area contributed by atoms with Crippen LogP contribution in [0.2, 0.25) is 10.0 Å². The standard InChI is InChI=1S/C15H20Cl2N2O4S/c1-19(5-6-23-14-3-2-11(16)8-13(14)17)9-15(20)18-12-4-7-24(21,22)10-12/h2-3,8,12H,4-7,9-10H2,1H3,(H,18,20). The number of rotatable bonds is 7. The Morgan fingerprint density at radius 1 is 1.42 bits per heavy atom. The maximum Gasteiger partial charge on any atom is 0.234 e. The molecule has 1 N–H and O–H groups in total. The highest BCUT2D eigenvalue weighted by molar-refractivity contribution is 7.91. The Kier molecular flexibility index (Phi) is 6.74. The Hall–Kier alpha value is -1.02. The van der Waals surface area contributed by atoms with Gasteiger partial charge in [-0.25, -0.2) is 8.42 Å². The smallest absolute Gasteiger partial charge is 0.234 e. The number of sulfone groups is 1. The minimum atomic E-state index is -2.99. The van der Waals surface area contributed by atoms with Crippen LogP contribution in [0.4, 0.5) is 0 Å². The number of benzene rings is 1. The number of halogens is 2. The number of carbonyl (C=O) groups excluding carboxylic acids is 1. The summed E-state index contributed by atoms with van der Waals surface area (Å²) in [4.78, 5) is 13.7. The lowest BCUT2D eigenvalue weighted by atomic mass is 10.2. The quantitative estimate of drug-likeness (QED) is 0.759. The molecule has 1 aliphatic heterocycles. The molecule has 0 radical (unpaired) electrons. The van der Waals surface area contributed by atoms with E-state index in [9.17, 15) is 13.2 Å². The van der Waals surface area contributed by atoms with Crippen LogP contribution in [-0.4, -0.2) is 63.5 Å². The first-order valence-electron chi connectivity index (χ1n) is 7.51. The topological polar surface area (TPSA) is 75.7 Å². The van der Waals surface area contributed by atoms with Gasteiger partial charge in [-0.05, 0) is 31.7 Å². The molecule has 2 rings (SSSR count). The van der Waals surface area contributed by atoms with Crippen LogP contribution >= 0.6 is 23.2 Å². The second-order valence-corrected chi connectivity index (χ2v) is 8.90. The van der Waals surface area contributed by atoms with E-state index in [-0.39, 0.29) is 30.0 Å². The number of hydrogen-bond donors (Lipinski definition) is 1. The highest BCUT2D eigenvalue weighted by Crippen LogP contribution is 2.27. The summed E-state index contributed by atoms with van der Waals surface area (Å²) >= 11 is 11.8. The monoisotopic (exact) mass is 394 g/mol. The van der Waals surface area contributed by atoms with Crippen molar-refractivity contribution in [2.45, 2.75) is 12.5 Å². The predicted octanol–water partition coefficient (Wildman–Crippen LogP) is 1.61. The van der Waals surface area contributed by atoms with E-state index in [0.717, 1.165) is 0 Å². The van der Waals surface area contributed by atoms with E-state index in [4.69, 9.17) is 27.9 Å². The molecule has 1 atom stereocenters. The molecule has 1 saturated heterocycles. The fourth-order valence-corrected chi connectivity index (χ4v) is 4.55. The second kappa shape index (κ2) is 8.38. The first-order valence-corrected chi connectivity index (χ1v) is 10.1. The average Bonchev–Trinajstić information content (AvgIpc) is 2.80. The third kappa shape index (κ3) is 6.12. The molecule has 1 fully saturated rings. The Morgan fingerprint density at radius 3 is 2.79 bits per heavy atom. The molecule has 0 spiro atoms. The zero-order chi connectivity index (χ0) is 17.7. The van der Waals surface area contributed by atoms with Gasteiger partial charge >= 0.3 is 0 Å². The number of carbonyl (C=O) groups is 1. The van der Waals surface area contributed by atoms with E-state index >= 15 is 0 Å². The SMILES string of the molecule is CN(CCOc1ccc(Cl)cc1Cl)CC(=O)NC1CCS(=O)(=O)C1. The largest absolute Gasteiger partial charge is 0.491 e. The Bertz CT molecular complexity index is 697. The van der Waals surface area contributed by atoms with Gasteiger partial charge in [0.25, 0.3) is 0 Å². The molecule has 0 saturated carbocycles. The van der Waals surface area contributed by atoms with Crippen molar-refractivity contribution in [3.05, 3.63) is 28.2 Å². The van der Waals surface area contributed by atoms with E-state index < -0.39 is 9.84 Å². The Labute approximate surface area is 152 Å². The number of ether oxygens (including phenoxy) is 1. The minimum Gasteiger partial charge on any atom is -0.491 e. The summed E-state index contributed by atoms with van der Waals surface area (Å²) in [5.41, 5.74) is 0. The van der Waals surface area contributed by atoms with Crippen LogP contribution in [0.3, 0.4) is 0 Å². The van der Waals surface area contributed by atoms with Crippen LogP contribution in [0.5, 0.6) is 5.75 Å². The van der Waals surface area contributed by atoms with Crippen molar-refractivity contribution >= 4 is 38.9 Å². The molecule has 0 aliphatic carbocycles. The lowest BCUT2D eigenvalue weighted by molar-refractivity contribution is -0.122. The van der Waals surface area contributed by atoms with Crippen LogP contribution in [0.25, 0.3) is 0 Å². The van der Waals surface area contributed by atoms with Crippen molar-refractivity contribution in [3.8, 4) is 5.75 Å². The predicted molar refractivity (Wildman–Crippen MR) is 94.7 cm³/mol. The first-order chi connectivity index (χ1) is 11.2. The van der Waals surface area contributed by atoms with Gasteiger partial charge in [-0.2, -0.15) is 0 Å². The molecule has 24 heavy (non-hydrogen) atoms. The van der Waals surface area contributed by atoms with Gasteiger partial charge in [0, 0.05) is 17.6 Å². The fraction of sp³-hybridized carbons (Fsp3) is 0.533. The summed E-state index contributed by atoms with van der Waals surface area (Å²) in [6, 6.07) is 4.71. The van der Waals surface area contributed by atoms with Crippen molar-refractivity contribution in [2.24, 2.45) is 0 Å². The zero-order valence-corrected chi connectivity index (χ0v) is 15.6. The Balaban J connectivity index is 1.69. The molecule has 0 aromatic heterocycles. The molecular formula is C15H20Cl2N2O4S. The van der Waals surface area contributed by atoms with Crippen molar-refractivity contribution in [3.63, 3.8) is 0 Å². The average molecular weight is 395 g/mol. The number of nitrogens with zero attached hydrogens (tertiary/aromatic N) is 1. The summed E-state index contributed by atoms with van der Waals surface area (Å²) in [6.07, 6.45) is 0.482. The van der Waals surface area contributed by atoms with Gasteiger partial charge in [-0.15, -0.1) is 0 Å². The van der Waals surface area contributed by atoms with Crippen LogP contribution in [0, 0.1) is 0 Å². The number of likely N-dealkylation sites (N-methyl/N-ethyl adjacent to an activating group) is 1. The maximum absolute atomic E-state index is 11.9. The van der Waals surface area contributed by atoms with E-state index in [2.05, 4.69) is 5.32 Å². The summed E-state index contributed by atoms with van der Waals surface area (Å²) in [5, 5.41) is 3.73. The molecule has 1 amide bonds. The van der Waals surface area contributed by atoms with Crippen molar-refractivity contribution < 1.29 is 17.9 Å². The maximum atomic E-state index is 11.9. The molecule has 134 valence electrons. The van der Waals surface area contributed by atoms with Gasteiger partial charge in [-0.1, -0.05) is 23.2 Å². The van der Waals surface area contributed by atoms with Crippen LogP contribution in [0.15, 0.2) is 18.2 Å². The molecule has 1 aliphatic rings. The third-order valence-electron chi connectivity index (χ3n) is 3.64. The fourth-order valence-electron chi connectivity index (χ4n) is 2.41. The van der Waals surface area contributed by atoms with Crippen LogP contribution < -0.4 is 10.1 Å². The number of hydrogen-bond acceptors (Lipinski definition) is 5. The normalized spacial score (nSPS) is 19.4. The van der Waals surface area contributed by atoms with Crippen molar-refractivity contribution in [1.82, 2.24) is 10.2 Å². The van der Waals surface area contributed by atoms with Crippen LogP contribution in [0.1, 0.15) is 6.42 Å². The van der Waals surface area contributed by atoms with Crippen LogP contribution in [-0.2, 0) is 14.6 Å². The van der Waals surface area contributed by atoms with Gasteiger partial charge in [0.1, 0.15) is 12.4 Å². The van der Waals surface area contributed by atoms with Crippen molar-refractivity contribution in [2.75, 3.05) is 38.2 Å². The number of nitrogens with one attached hydrogen (secondary N) is 1. The molecule has 0 bridgehead atoms. The number of amides is 1. The van der Waals surface area contributed by atoms with Gasteiger partial charge in [0.15, 0.2) is 9.84 Å². The van der Waals surface area contributed by atoms with E-state index in [1.807, 2.05) is 0 Å². The molecule has 1 aromatic rings. The highest BCUT2D eigenvalue weighted by atomic mass is 35.5. The van der Waals surface area contributed by atoms with Gasteiger partial charge in [-0.3, -0.25) is 9.69 Å². The van der Waals surface area contributed by atoms with E-state index in [1.165, 1.54) is 0 Å². The lowest BCUT2D eigenvalue weighted by Crippen LogP contribution is -2.42. The zero-order valence-electron chi connectivity index (χ0n) is 13.3. The van der Waals surface area contributed by atoms with Gasteiger partial charge < -0.3 is 10.1 Å². The summed E-state index contributed by atoms with van der Waals surface area (Å²) in [6.45, 7) is 1.06. The summed E-state index contributed by atoms with van der Waals surface area (Å²) < 4.78 is 28.3. The first kappa shape index (κ1) is 19.3. The molecular weight excluding hydrogens is 375 g/mol. The second-order valence-electron chi connectivity index (χ2n) is 5.83. The minimum absolute atomic E-state index is 0.0284. The van der Waals surface area contributed by atoms with Crippen molar-refractivity contribution in [1.29, 1.82) is 0 Å². The van der Waals surface area contributed by atoms with E-state index in [0.29, 0.717) is 35.4 Å². The third-order valence-corrected chi connectivity index (χ3v) is 5.93. The summed E-state index contributed by atoms with van der Waals surface area (Å²) in [5.74, 6) is 0.517. The van der Waals surface area contributed by atoms with E-state index in [1.54, 1.807) is 30.1 Å². The van der Waals surface area contributed by atoms with Gasteiger partial charge in [0.2, 0.25) is 5.91 Å². The Morgan fingerprint density at radius 2 is 2.17 bits per heavy atom. The molecule has 1 aromatic carbocycles. The highest BCUT2D eigenvalue weighted by Gasteiger charge is 2.28. The summed E-state index contributed by atoms with van der Waals surface area (Å²) in [7, 11) is -1.20. The molecule has 6 nitrogen and oxygen atoms in total. The lowest BCUT2D eigenvalue weighted by Gasteiger charge is -2.18.